The first-order valence-corrected chi connectivity index (χ1v) is 7.46. The molecule has 112 valence electrons. The van der Waals surface area contributed by atoms with E-state index in [-0.39, 0.29) is 6.04 Å². The Kier molecular flexibility index (Phi) is 3.00. The molecule has 0 saturated carbocycles. The standard InChI is InChI=1S/C17H12ClN5/c18-11-7-5-10(6-8-11)15-12(9-19)16(20)23-14-4-2-1-3-13(14)21-17(23)22-15/h1-8,15H,20H2,(H,21,22)/t15-/m0/s1. The average molecular weight is 322 g/mol. The highest BCUT2D eigenvalue weighted by Gasteiger charge is 2.29. The molecule has 0 bridgehead atoms. The maximum absolute atomic E-state index is 9.60. The number of fused-ring (bicyclic) bond motifs is 3. The molecule has 0 amide bonds. The number of rotatable bonds is 1. The van der Waals surface area contributed by atoms with Crippen molar-refractivity contribution in [3.05, 3.63) is 64.7 Å². The lowest BCUT2D eigenvalue weighted by atomic mass is 9.98. The molecule has 2 aromatic carbocycles. The fraction of sp³-hybridized carbons (Fsp3) is 0.0588. The smallest absolute Gasteiger partial charge is 0.210 e. The van der Waals surface area contributed by atoms with Crippen LogP contribution in [0.3, 0.4) is 0 Å². The highest BCUT2D eigenvalue weighted by molar-refractivity contribution is 6.30. The van der Waals surface area contributed by atoms with E-state index in [2.05, 4.69) is 16.4 Å². The van der Waals surface area contributed by atoms with Crippen molar-refractivity contribution >= 4 is 34.4 Å². The van der Waals surface area contributed by atoms with Crippen molar-refractivity contribution in [1.29, 1.82) is 5.26 Å². The second-order valence-corrected chi connectivity index (χ2v) is 5.74. The predicted octanol–water partition coefficient (Wildman–Crippen LogP) is 3.51. The van der Waals surface area contributed by atoms with Gasteiger partial charge in [-0.25, -0.2) is 4.98 Å². The van der Waals surface area contributed by atoms with Crippen LogP contribution in [0, 0.1) is 11.3 Å². The third kappa shape index (κ3) is 2.04. The van der Waals surface area contributed by atoms with Crippen LogP contribution in [0.15, 0.2) is 54.1 Å². The molecular formula is C17H12ClN5. The van der Waals surface area contributed by atoms with Crippen molar-refractivity contribution in [3.63, 3.8) is 0 Å². The Morgan fingerprint density at radius 2 is 1.91 bits per heavy atom. The summed E-state index contributed by atoms with van der Waals surface area (Å²) in [5, 5.41) is 13.5. The van der Waals surface area contributed by atoms with Crippen molar-refractivity contribution in [3.8, 4) is 6.07 Å². The minimum absolute atomic E-state index is 0.346. The molecule has 3 N–H and O–H groups in total. The van der Waals surface area contributed by atoms with Crippen LogP contribution in [-0.2, 0) is 0 Å². The van der Waals surface area contributed by atoms with Gasteiger partial charge in [0.2, 0.25) is 5.95 Å². The van der Waals surface area contributed by atoms with E-state index in [0.29, 0.717) is 22.4 Å². The summed E-state index contributed by atoms with van der Waals surface area (Å²) < 4.78 is 1.78. The SMILES string of the molecule is N#CC1=C(N)n2c(nc3ccccc32)N[C@H]1c1ccc(Cl)cc1. The molecule has 4 rings (SSSR count). The van der Waals surface area contributed by atoms with Crippen LogP contribution in [0.4, 0.5) is 5.95 Å². The van der Waals surface area contributed by atoms with Gasteiger partial charge in [-0.05, 0) is 29.8 Å². The quantitative estimate of drug-likeness (QED) is 0.718. The molecule has 1 aromatic heterocycles. The monoisotopic (exact) mass is 321 g/mol. The third-order valence-corrected chi connectivity index (χ3v) is 4.22. The van der Waals surface area contributed by atoms with Crippen molar-refractivity contribution in [1.82, 2.24) is 9.55 Å². The summed E-state index contributed by atoms with van der Waals surface area (Å²) in [5.74, 6) is 1.03. The van der Waals surface area contributed by atoms with Gasteiger partial charge in [0.05, 0.1) is 22.6 Å². The van der Waals surface area contributed by atoms with E-state index in [1.54, 1.807) is 16.7 Å². The molecule has 0 radical (unpaired) electrons. The third-order valence-electron chi connectivity index (χ3n) is 3.96. The van der Waals surface area contributed by atoms with Gasteiger partial charge in [-0.2, -0.15) is 5.26 Å². The summed E-state index contributed by atoms with van der Waals surface area (Å²) in [6.07, 6.45) is 0. The van der Waals surface area contributed by atoms with Crippen LogP contribution >= 0.6 is 11.6 Å². The zero-order valence-electron chi connectivity index (χ0n) is 12.0. The van der Waals surface area contributed by atoms with Gasteiger partial charge < -0.3 is 11.1 Å². The summed E-state index contributed by atoms with van der Waals surface area (Å²) in [4.78, 5) is 4.57. The Hall–Kier alpha value is -2.97. The van der Waals surface area contributed by atoms with Crippen LogP contribution in [0.1, 0.15) is 11.6 Å². The van der Waals surface area contributed by atoms with E-state index < -0.39 is 0 Å². The van der Waals surface area contributed by atoms with Gasteiger partial charge >= 0.3 is 0 Å². The largest absolute Gasteiger partial charge is 0.384 e. The van der Waals surface area contributed by atoms with E-state index in [4.69, 9.17) is 17.3 Å². The second-order valence-electron chi connectivity index (χ2n) is 5.30. The highest BCUT2D eigenvalue weighted by Crippen LogP contribution is 2.36. The highest BCUT2D eigenvalue weighted by atomic mass is 35.5. The summed E-state index contributed by atoms with van der Waals surface area (Å²) in [5.41, 5.74) is 9.35. The van der Waals surface area contributed by atoms with E-state index >= 15 is 0 Å². The maximum Gasteiger partial charge on any atom is 0.210 e. The van der Waals surface area contributed by atoms with Crippen LogP contribution in [0.25, 0.3) is 16.9 Å². The lowest BCUT2D eigenvalue weighted by molar-refractivity contribution is 0.857. The number of benzene rings is 2. The molecular weight excluding hydrogens is 310 g/mol. The predicted molar refractivity (Wildman–Crippen MR) is 90.6 cm³/mol. The molecule has 2 heterocycles. The van der Waals surface area contributed by atoms with Crippen molar-refractivity contribution in [2.45, 2.75) is 6.04 Å². The van der Waals surface area contributed by atoms with Gasteiger partial charge in [0.1, 0.15) is 11.9 Å². The van der Waals surface area contributed by atoms with E-state index in [9.17, 15) is 5.26 Å². The first-order chi connectivity index (χ1) is 11.2. The molecule has 0 unspecified atom stereocenters. The Balaban J connectivity index is 1.92. The summed E-state index contributed by atoms with van der Waals surface area (Å²) in [7, 11) is 0. The fourth-order valence-electron chi connectivity index (χ4n) is 2.86. The van der Waals surface area contributed by atoms with Crippen LogP contribution in [-0.4, -0.2) is 9.55 Å². The van der Waals surface area contributed by atoms with Gasteiger partial charge in [0.15, 0.2) is 0 Å². The molecule has 1 aliphatic heterocycles. The van der Waals surface area contributed by atoms with Crippen LogP contribution in [0.2, 0.25) is 5.02 Å². The Morgan fingerprint density at radius 3 is 2.65 bits per heavy atom. The molecule has 0 fully saturated rings. The minimum Gasteiger partial charge on any atom is -0.384 e. The normalized spacial score (nSPS) is 16.8. The number of nitrogens with one attached hydrogen (secondary N) is 1. The van der Waals surface area contributed by atoms with Gasteiger partial charge in [-0.1, -0.05) is 35.9 Å². The lowest BCUT2D eigenvalue weighted by Gasteiger charge is -2.26. The zero-order valence-corrected chi connectivity index (χ0v) is 12.7. The average Bonchev–Trinajstić information content (AvgIpc) is 2.94. The number of nitriles is 1. The Labute approximate surface area is 137 Å². The number of halogens is 1. The molecule has 1 atom stereocenters. The molecule has 6 heteroatoms. The Morgan fingerprint density at radius 1 is 1.17 bits per heavy atom. The van der Waals surface area contributed by atoms with Crippen molar-refractivity contribution in [2.24, 2.45) is 5.73 Å². The summed E-state index contributed by atoms with van der Waals surface area (Å²) >= 11 is 5.95. The zero-order chi connectivity index (χ0) is 16.0. The number of nitrogens with two attached hydrogens (primary N) is 1. The lowest BCUT2D eigenvalue weighted by Crippen LogP contribution is -2.26. The van der Waals surface area contributed by atoms with Crippen LogP contribution < -0.4 is 11.1 Å². The van der Waals surface area contributed by atoms with E-state index in [1.807, 2.05) is 36.4 Å². The van der Waals surface area contributed by atoms with Gasteiger partial charge in [0, 0.05) is 5.02 Å². The summed E-state index contributed by atoms with van der Waals surface area (Å²) in [6, 6.07) is 16.9. The topological polar surface area (TPSA) is 79.7 Å². The molecule has 23 heavy (non-hydrogen) atoms. The molecule has 5 nitrogen and oxygen atoms in total. The molecule has 0 saturated heterocycles. The number of hydrogen-bond donors (Lipinski definition) is 2. The van der Waals surface area contributed by atoms with Gasteiger partial charge in [-0.3, -0.25) is 4.57 Å². The number of nitrogens with zero attached hydrogens (tertiary/aromatic N) is 3. The number of aromatic nitrogens is 2. The summed E-state index contributed by atoms with van der Waals surface area (Å²) in [6.45, 7) is 0. The first kappa shape index (κ1) is 13.7. The fourth-order valence-corrected chi connectivity index (χ4v) is 2.99. The van der Waals surface area contributed by atoms with Crippen molar-refractivity contribution < 1.29 is 0 Å². The minimum atomic E-state index is -0.346. The molecule has 3 aromatic rings. The molecule has 0 spiro atoms. The Bertz CT molecular complexity index is 978. The second kappa shape index (κ2) is 5.04. The van der Waals surface area contributed by atoms with E-state index in [1.165, 1.54) is 0 Å². The number of para-hydroxylation sites is 2. The van der Waals surface area contributed by atoms with Gasteiger partial charge in [0.25, 0.3) is 0 Å². The number of hydrogen-bond acceptors (Lipinski definition) is 4. The molecule has 1 aliphatic rings. The van der Waals surface area contributed by atoms with Gasteiger partial charge in [-0.15, -0.1) is 0 Å². The maximum atomic E-state index is 9.60. The molecule has 0 aliphatic carbocycles. The number of imidazole rings is 1. The first-order valence-electron chi connectivity index (χ1n) is 7.08. The van der Waals surface area contributed by atoms with Crippen molar-refractivity contribution in [2.75, 3.05) is 5.32 Å². The van der Waals surface area contributed by atoms with Crippen LogP contribution in [0.5, 0.6) is 0 Å². The number of anilines is 1. The van der Waals surface area contributed by atoms with E-state index in [0.717, 1.165) is 16.6 Å².